The fourth-order valence-corrected chi connectivity index (χ4v) is 13.9. The Bertz CT molecular complexity index is 1860. The number of carbonyl (C=O) groups excluding carboxylic acids is 1. The van der Waals surface area contributed by atoms with Gasteiger partial charge in [-0.25, -0.2) is 0 Å². The molecule has 63 heavy (non-hydrogen) atoms. The van der Waals surface area contributed by atoms with Gasteiger partial charge in [-0.2, -0.15) is 0 Å². The summed E-state index contributed by atoms with van der Waals surface area (Å²) in [5.74, 6) is 5.52. The lowest BCUT2D eigenvalue weighted by Gasteiger charge is -2.61. The highest BCUT2D eigenvalue weighted by Crippen LogP contribution is 2.68. The van der Waals surface area contributed by atoms with Gasteiger partial charge < -0.3 is 29.0 Å². The topological polar surface area (TPSA) is 75.3 Å². The summed E-state index contributed by atoms with van der Waals surface area (Å²) in [7, 11) is 0. The van der Waals surface area contributed by atoms with Crippen LogP contribution in [0, 0.1) is 52.3 Å². The first-order valence-electron chi connectivity index (χ1n) is 25.0. The summed E-state index contributed by atoms with van der Waals surface area (Å²) in [6.07, 6.45) is 13.4. The van der Waals surface area contributed by atoms with E-state index in [-0.39, 0.29) is 18.6 Å². The number of nitrogens with one attached hydrogen (secondary N) is 1. The van der Waals surface area contributed by atoms with Gasteiger partial charge in [0.2, 0.25) is 5.91 Å². The first-order valence-corrected chi connectivity index (χ1v) is 25.0. The SMILES string of the molecule is CC(=O)NC1[C@H](O[C@H]2CC[C@@]3(C)C(CCC4C3CC[C@@]3(C)C4CC[C@@H]3[C@H](C)CCCC(C)C)C2)OC(COCc2ccccc2)[C@H](OCc2ccccc2)[C@@H]1OCc1ccccc1. The molecule has 0 spiro atoms. The lowest BCUT2D eigenvalue weighted by Crippen LogP contribution is -2.66. The van der Waals surface area contributed by atoms with E-state index in [1.807, 2.05) is 54.6 Å². The molecule has 1 N–H and O–H groups in total. The standard InChI is InChI=1S/C56H79NO6/c1-38(2)17-16-18-39(3)47-27-28-48-46-26-25-44-33-45(29-31-55(44,5)49(46)30-32-56(47,48)6)62-54-51(57-40(4)58)53(61-36-43-23-14-9-15-24-43)52(60-35-42-21-12-8-13-22-42)50(63-54)37-59-34-41-19-10-7-11-20-41/h7-15,19-24,38-39,44-54H,16-18,25-37H2,1-6H3,(H,57,58)/t39-,44?,45+,46?,47-,48?,49?,50?,51?,52+,53-,54-,55+,56-/m1/s1. The normalized spacial score (nSPS) is 35.6. The minimum Gasteiger partial charge on any atom is -0.374 e. The number of amides is 1. The second kappa shape index (κ2) is 21.0. The van der Waals surface area contributed by atoms with Crippen LogP contribution >= 0.6 is 0 Å². The van der Waals surface area contributed by atoms with E-state index in [1.165, 1.54) is 64.2 Å². The zero-order chi connectivity index (χ0) is 44.0. The Morgan fingerprint density at radius 3 is 1.95 bits per heavy atom. The fourth-order valence-electron chi connectivity index (χ4n) is 13.9. The van der Waals surface area contributed by atoms with Crippen molar-refractivity contribution in [2.24, 2.45) is 52.3 Å². The van der Waals surface area contributed by atoms with E-state index in [1.54, 1.807) is 6.92 Å². The highest BCUT2D eigenvalue weighted by atomic mass is 16.7. The Morgan fingerprint density at radius 2 is 1.32 bits per heavy atom. The molecule has 344 valence electrons. The molecule has 3 aromatic rings. The molecule has 1 saturated heterocycles. The predicted molar refractivity (Wildman–Crippen MR) is 250 cm³/mol. The van der Waals surface area contributed by atoms with E-state index < -0.39 is 30.6 Å². The maximum Gasteiger partial charge on any atom is 0.217 e. The van der Waals surface area contributed by atoms with E-state index in [9.17, 15) is 4.79 Å². The smallest absolute Gasteiger partial charge is 0.217 e. The van der Waals surface area contributed by atoms with Crippen molar-refractivity contribution in [3.05, 3.63) is 108 Å². The molecule has 1 aliphatic heterocycles. The first kappa shape index (κ1) is 46.5. The van der Waals surface area contributed by atoms with E-state index in [4.69, 9.17) is 23.7 Å². The molecule has 4 aliphatic carbocycles. The van der Waals surface area contributed by atoms with Crippen LogP contribution in [0.1, 0.15) is 135 Å². The van der Waals surface area contributed by atoms with Gasteiger partial charge in [0.25, 0.3) is 0 Å². The van der Waals surface area contributed by atoms with Crippen LogP contribution < -0.4 is 5.32 Å². The molecule has 4 saturated carbocycles. The second-order valence-electron chi connectivity index (χ2n) is 21.5. The van der Waals surface area contributed by atoms with Gasteiger partial charge in [0.05, 0.1) is 32.5 Å². The van der Waals surface area contributed by atoms with Gasteiger partial charge in [-0.05, 0) is 127 Å². The number of ether oxygens (including phenoxy) is 5. The van der Waals surface area contributed by atoms with Crippen LogP contribution in [0.4, 0.5) is 0 Å². The zero-order valence-electron chi connectivity index (χ0n) is 39.4. The Labute approximate surface area is 380 Å². The third kappa shape index (κ3) is 10.8. The molecule has 7 heteroatoms. The van der Waals surface area contributed by atoms with Crippen LogP contribution in [0.3, 0.4) is 0 Å². The van der Waals surface area contributed by atoms with Gasteiger partial charge in [-0.1, -0.05) is 145 Å². The van der Waals surface area contributed by atoms with Crippen molar-refractivity contribution in [2.75, 3.05) is 6.61 Å². The molecule has 7 nitrogen and oxygen atoms in total. The number of rotatable bonds is 18. The first-order chi connectivity index (χ1) is 30.5. The number of hydrogen-bond donors (Lipinski definition) is 1. The highest BCUT2D eigenvalue weighted by molar-refractivity contribution is 5.73. The van der Waals surface area contributed by atoms with Crippen LogP contribution in [-0.2, 0) is 48.3 Å². The van der Waals surface area contributed by atoms with Crippen LogP contribution in [-0.4, -0.2) is 49.3 Å². The summed E-state index contributed by atoms with van der Waals surface area (Å²) in [6.45, 7) is 15.8. The molecule has 5 aliphatic rings. The van der Waals surface area contributed by atoms with Gasteiger partial charge in [0.1, 0.15) is 24.4 Å². The van der Waals surface area contributed by atoms with E-state index in [0.717, 1.165) is 65.0 Å². The van der Waals surface area contributed by atoms with Crippen molar-refractivity contribution in [3.8, 4) is 0 Å². The summed E-state index contributed by atoms with van der Waals surface area (Å²) in [4.78, 5) is 13.1. The maximum absolute atomic E-state index is 13.1. The van der Waals surface area contributed by atoms with Crippen molar-refractivity contribution in [3.63, 3.8) is 0 Å². The quantitative estimate of drug-likeness (QED) is 0.128. The van der Waals surface area contributed by atoms with Crippen LogP contribution in [0.2, 0.25) is 0 Å². The van der Waals surface area contributed by atoms with Crippen molar-refractivity contribution in [2.45, 2.75) is 175 Å². The zero-order valence-corrected chi connectivity index (χ0v) is 39.4. The average Bonchev–Trinajstić information content (AvgIpc) is 3.64. The van der Waals surface area contributed by atoms with Crippen LogP contribution in [0.15, 0.2) is 91.0 Å². The number of hydrogen-bond acceptors (Lipinski definition) is 6. The molecule has 6 unspecified atom stereocenters. The maximum atomic E-state index is 13.1. The van der Waals surface area contributed by atoms with Gasteiger partial charge in [-0.3, -0.25) is 4.79 Å². The fraction of sp³-hybridized carbons (Fsp3) is 0.661. The number of carbonyl (C=O) groups is 1. The minimum absolute atomic E-state index is 0.0275. The molecule has 1 heterocycles. The predicted octanol–water partition coefficient (Wildman–Crippen LogP) is 12.1. The van der Waals surface area contributed by atoms with E-state index in [2.05, 4.69) is 76.3 Å². The minimum atomic E-state index is -0.726. The summed E-state index contributed by atoms with van der Waals surface area (Å²) >= 11 is 0. The Balaban J connectivity index is 0.991. The molecule has 1 amide bonds. The average molecular weight is 862 g/mol. The molecule has 8 rings (SSSR count). The lowest BCUT2D eigenvalue weighted by atomic mass is 9.44. The summed E-state index contributed by atoms with van der Waals surface area (Å²) in [6, 6.07) is 30.1. The summed E-state index contributed by atoms with van der Waals surface area (Å²) in [5.41, 5.74) is 4.04. The van der Waals surface area contributed by atoms with Gasteiger partial charge in [0, 0.05) is 6.92 Å². The third-order valence-electron chi connectivity index (χ3n) is 17.1. The summed E-state index contributed by atoms with van der Waals surface area (Å²) < 4.78 is 34.4. The lowest BCUT2D eigenvalue weighted by molar-refractivity contribution is -0.305. The Morgan fingerprint density at radius 1 is 0.714 bits per heavy atom. The molecule has 0 radical (unpaired) electrons. The van der Waals surface area contributed by atoms with E-state index in [0.29, 0.717) is 36.6 Å². The van der Waals surface area contributed by atoms with Gasteiger partial charge in [0.15, 0.2) is 6.29 Å². The molecule has 5 fully saturated rings. The molecule has 14 atom stereocenters. The molecular formula is C56H79NO6. The van der Waals surface area contributed by atoms with Crippen molar-refractivity contribution in [1.82, 2.24) is 5.32 Å². The largest absolute Gasteiger partial charge is 0.374 e. The second-order valence-corrected chi connectivity index (χ2v) is 21.5. The molecule has 3 aromatic carbocycles. The van der Waals surface area contributed by atoms with Crippen LogP contribution in [0.5, 0.6) is 0 Å². The highest BCUT2D eigenvalue weighted by Gasteiger charge is 2.61. The van der Waals surface area contributed by atoms with Gasteiger partial charge in [-0.15, -0.1) is 0 Å². The number of fused-ring (bicyclic) bond motifs is 5. The Hall–Kier alpha value is -3.07. The van der Waals surface area contributed by atoms with Crippen molar-refractivity contribution in [1.29, 1.82) is 0 Å². The van der Waals surface area contributed by atoms with Gasteiger partial charge >= 0.3 is 0 Å². The van der Waals surface area contributed by atoms with E-state index >= 15 is 0 Å². The molecule has 0 aromatic heterocycles. The number of benzene rings is 3. The molecule has 0 bridgehead atoms. The Kier molecular flexibility index (Phi) is 15.5. The van der Waals surface area contributed by atoms with Crippen molar-refractivity contribution >= 4 is 5.91 Å². The summed E-state index contributed by atoms with van der Waals surface area (Å²) in [5, 5.41) is 3.26. The third-order valence-corrected chi connectivity index (χ3v) is 17.1. The molecular weight excluding hydrogens is 783 g/mol. The van der Waals surface area contributed by atoms with Crippen LogP contribution in [0.25, 0.3) is 0 Å². The monoisotopic (exact) mass is 862 g/mol. The van der Waals surface area contributed by atoms with Crippen molar-refractivity contribution < 1.29 is 28.5 Å².